The monoisotopic (exact) mass is 310 g/mol. The minimum Gasteiger partial charge on any atom is -0.508 e. The van der Waals surface area contributed by atoms with E-state index in [-0.39, 0.29) is 24.2 Å². The first-order chi connectivity index (χ1) is 9.99. The zero-order valence-corrected chi connectivity index (χ0v) is 12.5. The molecule has 1 atom stereocenters. The maximum Gasteiger partial charge on any atom is 0.324 e. The normalized spacial score (nSPS) is 18.3. The molecule has 0 aromatic heterocycles. The average Bonchev–Trinajstić information content (AvgIpc) is 2.46. The molecule has 114 valence electrons. The van der Waals surface area contributed by atoms with Crippen LogP contribution in [0, 0.1) is 0 Å². The molecule has 0 saturated carbocycles. The largest absolute Gasteiger partial charge is 0.508 e. The number of rotatable bonds is 3. The van der Waals surface area contributed by atoms with Gasteiger partial charge in [-0.05, 0) is 12.1 Å². The van der Waals surface area contributed by atoms with Gasteiger partial charge in [0.25, 0.3) is 0 Å². The van der Waals surface area contributed by atoms with E-state index in [4.69, 9.17) is 5.11 Å². The summed E-state index contributed by atoms with van der Waals surface area (Å²) >= 11 is 1.66. The maximum absolute atomic E-state index is 12.6. The van der Waals surface area contributed by atoms with Crippen LogP contribution in [-0.2, 0) is 4.79 Å². The zero-order valence-electron chi connectivity index (χ0n) is 11.7. The molecule has 7 heteroatoms. The van der Waals surface area contributed by atoms with E-state index in [9.17, 15) is 14.7 Å². The van der Waals surface area contributed by atoms with Gasteiger partial charge in [-0.1, -0.05) is 6.07 Å². The van der Waals surface area contributed by atoms with E-state index >= 15 is 0 Å². The second-order valence-electron chi connectivity index (χ2n) is 4.88. The molecule has 0 spiro atoms. The summed E-state index contributed by atoms with van der Waals surface area (Å²) in [6, 6.07) is 5.88. The summed E-state index contributed by atoms with van der Waals surface area (Å²) in [7, 11) is 1.62. The van der Waals surface area contributed by atoms with Crippen LogP contribution in [0.5, 0.6) is 5.75 Å². The standard InChI is InChI=1S/C14H18N2O4S/c1-15(10-3-2-4-12(17)7-10)14(20)16-5-6-21-9-11(16)8-13(18)19/h2-4,7,11,17H,5-6,8-9H2,1H3,(H,18,19). The number of aliphatic carboxylic acids is 1. The fraction of sp³-hybridized carbons (Fsp3) is 0.429. The van der Waals surface area contributed by atoms with Crippen molar-refractivity contribution in [2.24, 2.45) is 0 Å². The SMILES string of the molecule is CN(C(=O)N1CCSCC1CC(=O)O)c1cccc(O)c1. The van der Waals surface area contributed by atoms with E-state index in [1.54, 1.807) is 35.8 Å². The van der Waals surface area contributed by atoms with Gasteiger partial charge in [0.1, 0.15) is 5.75 Å². The second kappa shape index (κ2) is 6.71. The highest BCUT2D eigenvalue weighted by atomic mass is 32.2. The molecular formula is C14H18N2O4S. The number of amides is 2. The van der Waals surface area contributed by atoms with Gasteiger partial charge in [0.2, 0.25) is 0 Å². The third-order valence-electron chi connectivity index (χ3n) is 3.39. The Bertz CT molecular complexity index is 537. The quantitative estimate of drug-likeness (QED) is 0.890. The first kappa shape index (κ1) is 15.5. The highest BCUT2D eigenvalue weighted by molar-refractivity contribution is 7.99. The lowest BCUT2D eigenvalue weighted by atomic mass is 10.2. The molecule has 1 fully saturated rings. The van der Waals surface area contributed by atoms with Crippen LogP contribution >= 0.6 is 11.8 Å². The first-order valence-electron chi connectivity index (χ1n) is 6.62. The minimum atomic E-state index is -0.902. The minimum absolute atomic E-state index is 0.0490. The molecule has 1 saturated heterocycles. The van der Waals surface area contributed by atoms with E-state index in [2.05, 4.69) is 0 Å². The Hall–Kier alpha value is -1.89. The number of carboxylic acids is 1. The van der Waals surface area contributed by atoms with Gasteiger partial charge in [-0.3, -0.25) is 9.69 Å². The molecule has 0 radical (unpaired) electrons. The van der Waals surface area contributed by atoms with Crippen LogP contribution in [0.15, 0.2) is 24.3 Å². The lowest BCUT2D eigenvalue weighted by molar-refractivity contribution is -0.137. The van der Waals surface area contributed by atoms with Crippen molar-refractivity contribution in [2.75, 3.05) is 30.0 Å². The number of nitrogens with zero attached hydrogens (tertiary/aromatic N) is 2. The van der Waals surface area contributed by atoms with Crippen LogP contribution in [0.25, 0.3) is 0 Å². The van der Waals surface area contributed by atoms with Gasteiger partial charge in [-0.25, -0.2) is 4.79 Å². The van der Waals surface area contributed by atoms with E-state index in [1.807, 2.05) is 0 Å². The molecule has 1 unspecified atom stereocenters. The number of benzene rings is 1. The van der Waals surface area contributed by atoms with E-state index in [0.717, 1.165) is 5.75 Å². The maximum atomic E-state index is 12.6. The van der Waals surface area contributed by atoms with Gasteiger partial charge in [0, 0.05) is 36.9 Å². The summed E-state index contributed by atoms with van der Waals surface area (Å²) in [5, 5.41) is 18.5. The van der Waals surface area contributed by atoms with Crippen LogP contribution in [0.1, 0.15) is 6.42 Å². The number of hydrogen-bond acceptors (Lipinski definition) is 4. The van der Waals surface area contributed by atoms with Crippen molar-refractivity contribution in [1.29, 1.82) is 0 Å². The number of aromatic hydroxyl groups is 1. The number of hydrogen-bond donors (Lipinski definition) is 2. The van der Waals surface area contributed by atoms with Crippen LogP contribution in [0.4, 0.5) is 10.5 Å². The Morgan fingerprint density at radius 1 is 1.48 bits per heavy atom. The van der Waals surface area contributed by atoms with Gasteiger partial charge in [-0.2, -0.15) is 11.8 Å². The Balaban J connectivity index is 2.14. The van der Waals surface area contributed by atoms with Crippen molar-refractivity contribution in [3.8, 4) is 5.75 Å². The molecule has 0 aliphatic carbocycles. The van der Waals surface area contributed by atoms with Crippen molar-refractivity contribution in [3.63, 3.8) is 0 Å². The van der Waals surface area contributed by atoms with Crippen LogP contribution in [0.3, 0.4) is 0 Å². The second-order valence-corrected chi connectivity index (χ2v) is 6.03. The van der Waals surface area contributed by atoms with Gasteiger partial charge in [-0.15, -0.1) is 0 Å². The number of urea groups is 1. The van der Waals surface area contributed by atoms with Crippen molar-refractivity contribution >= 4 is 29.4 Å². The van der Waals surface area contributed by atoms with Gasteiger partial charge < -0.3 is 15.1 Å². The van der Waals surface area contributed by atoms with Crippen LogP contribution in [-0.4, -0.2) is 58.3 Å². The summed E-state index contributed by atoms with van der Waals surface area (Å²) in [6.07, 6.45) is -0.0490. The van der Waals surface area contributed by atoms with Gasteiger partial charge in [0.05, 0.1) is 12.5 Å². The summed E-state index contributed by atoms with van der Waals surface area (Å²) in [5.41, 5.74) is 0.576. The molecular weight excluding hydrogens is 292 g/mol. The number of carbonyl (C=O) groups excluding carboxylic acids is 1. The predicted molar refractivity (Wildman–Crippen MR) is 82.0 cm³/mol. The molecule has 1 aromatic carbocycles. The molecule has 1 aliphatic rings. The molecule has 2 N–H and O–H groups in total. The lowest BCUT2D eigenvalue weighted by Crippen LogP contribution is -2.51. The Kier molecular flexibility index (Phi) is 4.95. The topological polar surface area (TPSA) is 81.1 Å². The lowest BCUT2D eigenvalue weighted by Gasteiger charge is -2.37. The van der Waals surface area contributed by atoms with E-state index in [1.165, 1.54) is 17.0 Å². The first-order valence-corrected chi connectivity index (χ1v) is 7.77. The van der Waals surface area contributed by atoms with E-state index < -0.39 is 5.97 Å². The number of carbonyl (C=O) groups is 2. The molecule has 21 heavy (non-hydrogen) atoms. The van der Waals surface area contributed by atoms with E-state index in [0.29, 0.717) is 18.0 Å². The summed E-state index contributed by atoms with van der Waals surface area (Å²) in [6.45, 7) is 0.532. The molecule has 1 aromatic rings. The molecule has 1 heterocycles. The Morgan fingerprint density at radius 3 is 2.90 bits per heavy atom. The summed E-state index contributed by atoms with van der Waals surface area (Å²) in [5.74, 6) is 0.616. The fourth-order valence-electron chi connectivity index (χ4n) is 2.28. The molecule has 2 rings (SSSR count). The predicted octanol–water partition coefficient (Wildman–Crippen LogP) is 1.84. The highest BCUT2D eigenvalue weighted by Gasteiger charge is 2.31. The third-order valence-corrected chi connectivity index (χ3v) is 4.48. The molecule has 0 bridgehead atoms. The van der Waals surface area contributed by atoms with Crippen LogP contribution in [0.2, 0.25) is 0 Å². The third kappa shape index (κ3) is 3.81. The number of thioether (sulfide) groups is 1. The number of anilines is 1. The molecule has 1 aliphatic heterocycles. The number of phenolic OH excluding ortho intramolecular Hbond substituents is 1. The van der Waals surface area contributed by atoms with Crippen molar-refractivity contribution in [3.05, 3.63) is 24.3 Å². The molecule has 6 nitrogen and oxygen atoms in total. The van der Waals surface area contributed by atoms with Gasteiger partial charge >= 0.3 is 12.0 Å². The van der Waals surface area contributed by atoms with Crippen molar-refractivity contribution in [1.82, 2.24) is 4.90 Å². The Morgan fingerprint density at radius 2 is 2.24 bits per heavy atom. The molecule has 2 amide bonds. The van der Waals surface area contributed by atoms with Crippen molar-refractivity contribution in [2.45, 2.75) is 12.5 Å². The van der Waals surface area contributed by atoms with Crippen molar-refractivity contribution < 1.29 is 19.8 Å². The Labute approximate surface area is 127 Å². The average molecular weight is 310 g/mol. The zero-order chi connectivity index (χ0) is 15.4. The summed E-state index contributed by atoms with van der Waals surface area (Å²) in [4.78, 5) is 26.5. The number of phenols is 1. The fourth-order valence-corrected chi connectivity index (χ4v) is 3.34. The highest BCUT2D eigenvalue weighted by Crippen LogP contribution is 2.24. The summed E-state index contributed by atoms with van der Waals surface area (Å²) < 4.78 is 0. The number of carboxylic acid groups (broad SMARTS) is 1. The van der Waals surface area contributed by atoms with Gasteiger partial charge in [0.15, 0.2) is 0 Å². The van der Waals surface area contributed by atoms with Crippen LogP contribution < -0.4 is 4.90 Å². The smallest absolute Gasteiger partial charge is 0.324 e.